The highest BCUT2D eigenvalue weighted by molar-refractivity contribution is 5.74. The minimum atomic E-state index is -1.00. The molecule has 0 unspecified atom stereocenters. The maximum atomic E-state index is 10.2. The van der Waals surface area contributed by atoms with Gasteiger partial charge in [0.05, 0.1) is 26.2 Å². The van der Waals surface area contributed by atoms with Gasteiger partial charge in [-0.05, 0) is 40.5 Å². The monoisotopic (exact) mass is 304 g/mol. The number of quaternary nitrogens is 1. The van der Waals surface area contributed by atoms with Crippen LogP contribution in [0.25, 0.3) is 0 Å². The van der Waals surface area contributed by atoms with E-state index in [-0.39, 0.29) is 5.96 Å². The maximum Gasteiger partial charge on any atom is 0.320 e. The van der Waals surface area contributed by atoms with E-state index in [1.165, 1.54) is 30.7 Å². The summed E-state index contributed by atoms with van der Waals surface area (Å²) in [7, 11) is 0. The molecule has 0 saturated heterocycles. The standard InChI is InChI=1S/C8H20N.C6H14N4O2/c1-5-9(6-2,7-3)8-4;7-4(5(11)12)2-1-3-10-6(8)9/h5-8H2,1-4H3;4H,1-3,7H2,(H,11,12)(H4,8,9,10)/q+1;/t;4-/m.0/s1. The maximum absolute atomic E-state index is 10.2. The predicted octanol–water partition coefficient (Wildman–Crippen LogP) is 0.544. The fourth-order valence-electron chi connectivity index (χ4n) is 2.01. The molecular weight excluding hydrogens is 270 g/mol. The highest BCUT2D eigenvalue weighted by atomic mass is 16.4. The van der Waals surface area contributed by atoms with Crippen molar-refractivity contribution in [3.63, 3.8) is 0 Å². The highest BCUT2D eigenvalue weighted by Gasteiger charge is 2.16. The predicted molar refractivity (Wildman–Crippen MR) is 87.2 cm³/mol. The van der Waals surface area contributed by atoms with Crippen molar-refractivity contribution in [3.05, 3.63) is 0 Å². The molecule has 7 nitrogen and oxygen atoms in total. The molecule has 0 aliphatic carbocycles. The van der Waals surface area contributed by atoms with Gasteiger partial charge < -0.3 is 26.4 Å². The molecule has 0 fully saturated rings. The van der Waals surface area contributed by atoms with Crippen LogP contribution in [0.1, 0.15) is 40.5 Å². The Hall–Kier alpha value is -1.34. The molecule has 126 valence electrons. The lowest BCUT2D eigenvalue weighted by Gasteiger charge is -2.34. The van der Waals surface area contributed by atoms with E-state index in [4.69, 9.17) is 22.0 Å². The minimum absolute atomic E-state index is 0.112. The summed E-state index contributed by atoms with van der Waals surface area (Å²) in [6, 6.07) is -0.821. The molecule has 0 spiro atoms. The van der Waals surface area contributed by atoms with Gasteiger partial charge in [0, 0.05) is 6.54 Å². The smallest absolute Gasteiger partial charge is 0.320 e. The van der Waals surface area contributed by atoms with E-state index in [2.05, 4.69) is 33.0 Å². The van der Waals surface area contributed by atoms with E-state index in [9.17, 15) is 4.79 Å². The molecule has 0 aromatic carbocycles. The molecule has 7 heteroatoms. The Balaban J connectivity index is 0. The van der Waals surface area contributed by atoms with Crippen LogP contribution >= 0.6 is 0 Å². The van der Waals surface area contributed by atoms with Gasteiger partial charge in [-0.15, -0.1) is 0 Å². The number of hydrogen-bond acceptors (Lipinski definition) is 3. The van der Waals surface area contributed by atoms with Crippen molar-refractivity contribution < 1.29 is 14.4 Å². The molecule has 0 radical (unpaired) electrons. The summed E-state index contributed by atoms with van der Waals surface area (Å²) in [6.45, 7) is 14.7. The zero-order valence-electron chi connectivity index (χ0n) is 14.0. The van der Waals surface area contributed by atoms with E-state index in [1.807, 2.05) is 0 Å². The first kappa shape index (κ1) is 21.9. The second-order valence-corrected chi connectivity index (χ2v) is 5.03. The summed E-state index contributed by atoms with van der Waals surface area (Å²) < 4.78 is 1.28. The molecule has 0 aromatic heterocycles. The average Bonchev–Trinajstić information content (AvgIpc) is 2.47. The van der Waals surface area contributed by atoms with Gasteiger partial charge in [0.1, 0.15) is 6.04 Å². The third-order valence-electron chi connectivity index (χ3n) is 4.01. The summed E-state index contributed by atoms with van der Waals surface area (Å²) in [5.41, 5.74) is 10.2. The second-order valence-electron chi connectivity index (χ2n) is 5.03. The SMILES string of the molecule is CC[N+](CC)(CC)CC.N=C(N)NCCC[C@H](N)C(=O)O. The number of hydrogen-bond donors (Lipinski definition) is 5. The number of carboxylic acids is 1. The molecule has 0 amide bonds. The lowest BCUT2D eigenvalue weighted by molar-refractivity contribution is -0.921. The Labute approximate surface area is 128 Å². The van der Waals surface area contributed by atoms with Gasteiger partial charge in [0.15, 0.2) is 5.96 Å². The van der Waals surface area contributed by atoms with Crippen LogP contribution in [0.15, 0.2) is 0 Å². The molecule has 7 N–H and O–H groups in total. The lowest BCUT2D eigenvalue weighted by atomic mass is 10.2. The molecule has 0 rings (SSSR count). The van der Waals surface area contributed by atoms with Gasteiger partial charge in [0.2, 0.25) is 0 Å². The van der Waals surface area contributed by atoms with Gasteiger partial charge in [-0.1, -0.05) is 0 Å². The summed E-state index contributed by atoms with van der Waals surface area (Å²) >= 11 is 0. The first-order chi connectivity index (χ1) is 9.78. The van der Waals surface area contributed by atoms with E-state index in [1.54, 1.807) is 0 Å². The van der Waals surface area contributed by atoms with E-state index < -0.39 is 12.0 Å². The molecule has 0 saturated carbocycles. The molecule has 0 aromatic rings. The number of carboxylic acid groups (broad SMARTS) is 1. The van der Waals surface area contributed by atoms with Crippen LogP contribution in [-0.4, -0.2) is 60.3 Å². The zero-order chi connectivity index (χ0) is 16.9. The summed E-state index contributed by atoms with van der Waals surface area (Å²) in [6.07, 6.45) is 0.975. The number of guanidine groups is 1. The minimum Gasteiger partial charge on any atom is -0.480 e. The van der Waals surface area contributed by atoms with Gasteiger partial charge >= 0.3 is 5.97 Å². The number of nitrogens with zero attached hydrogens (tertiary/aromatic N) is 1. The van der Waals surface area contributed by atoms with Crippen LogP contribution < -0.4 is 16.8 Å². The number of carbonyl (C=O) groups is 1. The molecule has 0 bridgehead atoms. The summed E-state index contributed by atoms with van der Waals surface area (Å²) in [4.78, 5) is 10.2. The number of nitrogens with two attached hydrogens (primary N) is 2. The molecule has 0 aliphatic heterocycles. The summed E-state index contributed by atoms with van der Waals surface area (Å²) in [5.74, 6) is -1.11. The van der Waals surface area contributed by atoms with Gasteiger partial charge in [-0.3, -0.25) is 10.2 Å². The van der Waals surface area contributed by atoms with Crippen molar-refractivity contribution in [2.75, 3.05) is 32.7 Å². The number of aliphatic carboxylic acids is 1. The van der Waals surface area contributed by atoms with Crippen LogP contribution in [0.3, 0.4) is 0 Å². The molecule has 0 aliphatic rings. The topological polar surface area (TPSA) is 125 Å². The van der Waals surface area contributed by atoms with Crippen LogP contribution in [-0.2, 0) is 4.79 Å². The molecule has 0 heterocycles. The van der Waals surface area contributed by atoms with Crippen molar-refractivity contribution in [3.8, 4) is 0 Å². The van der Waals surface area contributed by atoms with Crippen molar-refractivity contribution in [1.29, 1.82) is 5.41 Å². The Morgan fingerprint density at radius 3 is 1.86 bits per heavy atom. The second kappa shape index (κ2) is 12.4. The Morgan fingerprint density at radius 1 is 1.19 bits per heavy atom. The quantitative estimate of drug-likeness (QED) is 0.184. The van der Waals surface area contributed by atoms with Gasteiger partial charge in [-0.25, -0.2) is 0 Å². The Kier molecular flexibility index (Phi) is 13.0. The number of nitrogens with one attached hydrogen (secondary N) is 2. The third kappa shape index (κ3) is 11.0. The first-order valence-electron chi connectivity index (χ1n) is 7.69. The van der Waals surface area contributed by atoms with E-state index in [0.717, 1.165) is 0 Å². The van der Waals surface area contributed by atoms with E-state index >= 15 is 0 Å². The Morgan fingerprint density at radius 2 is 1.62 bits per heavy atom. The lowest BCUT2D eigenvalue weighted by Crippen LogP contribution is -2.47. The summed E-state index contributed by atoms with van der Waals surface area (Å²) in [5, 5.41) is 17.7. The Bertz CT molecular complexity index is 276. The average molecular weight is 304 g/mol. The van der Waals surface area contributed by atoms with E-state index in [0.29, 0.717) is 19.4 Å². The molecule has 21 heavy (non-hydrogen) atoms. The highest BCUT2D eigenvalue weighted by Crippen LogP contribution is 2.03. The van der Waals surface area contributed by atoms with Crippen molar-refractivity contribution >= 4 is 11.9 Å². The normalized spacial score (nSPS) is 12.0. The third-order valence-corrected chi connectivity index (χ3v) is 4.01. The molecular formula is C14H34N5O2+. The fourth-order valence-corrected chi connectivity index (χ4v) is 2.01. The van der Waals surface area contributed by atoms with Crippen molar-refractivity contribution in [2.24, 2.45) is 11.5 Å². The van der Waals surface area contributed by atoms with Gasteiger partial charge in [-0.2, -0.15) is 0 Å². The zero-order valence-corrected chi connectivity index (χ0v) is 14.0. The van der Waals surface area contributed by atoms with Gasteiger partial charge in [0.25, 0.3) is 0 Å². The van der Waals surface area contributed by atoms with Crippen LogP contribution in [0.4, 0.5) is 0 Å². The van der Waals surface area contributed by atoms with Crippen LogP contribution in [0.5, 0.6) is 0 Å². The van der Waals surface area contributed by atoms with Crippen LogP contribution in [0.2, 0.25) is 0 Å². The van der Waals surface area contributed by atoms with Crippen LogP contribution in [0, 0.1) is 5.41 Å². The van der Waals surface area contributed by atoms with Crippen molar-refractivity contribution in [1.82, 2.24) is 5.32 Å². The van der Waals surface area contributed by atoms with Crippen molar-refractivity contribution in [2.45, 2.75) is 46.6 Å². The first-order valence-corrected chi connectivity index (χ1v) is 7.69. The largest absolute Gasteiger partial charge is 0.480 e. The molecule has 1 atom stereocenters. The number of rotatable bonds is 9. The fraction of sp³-hybridized carbons (Fsp3) is 0.857.